The Balaban J connectivity index is 1.81. The molecule has 0 spiro atoms. The second-order valence-electron chi connectivity index (χ2n) is 6.46. The van der Waals surface area contributed by atoms with Crippen LogP contribution in [0.25, 0.3) is 10.6 Å². The zero-order valence-corrected chi connectivity index (χ0v) is 16.9. The molecular weight excluding hydrogens is 386 g/mol. The molecule has 146 valence electrons. The van der Waals surface area contributed by atoms with Crippen molar-refractivity contribution in [3.05, 3.63) is 41.4 Å². The molecule has 1 fully saturated rings. The normalized spacial score (nSPS) is 20.0. The molecule has 1 saturated heterocycles. The highest BCUT2D eigenvalue weighted by Crippen LogP contribution is 2.27. The molecule has 1 aliphatic heterocycles. The molecule has 0 bridgehead atoms. The van der Waals surface area contributed by atoms with Gasteiger partial charge in [0.05, 0.1) is 24.6 Å². The van der Waals surface area contributed by atoms with Gasteiger partial charge in [0.25, 0.3) is 0 Å². The zero-order chi connectivity index (χ0) is 19.4. The largest absolute Gasteiger partial charge is 0.450 e. The van der Waals surface area contributed by atoms with E-state index in [1.807, 2.05) is 35.7 Å². The van der Waals surface area contributed by atoms with Crippen LogP contribution in [-0.2, 0) is 21.2 Å². The second-order valence-corrected chi connectivity index (χ2v) is 9.10. The van der Waals surface area contributed by atoms with Crippen LogP contribution in [-0.4, -0.2) is 55.9 Å². The van der Waals surface area contributed by atoms with Crippen molar-refractivity contribution in [2.24, 2.45) is 0 Å². The predicted molar refractivity (Wildman–Crippen MR) is 105 cm³/mol. The van der Waals surface area contributed by atoms with Crippen LogP contribution < -0.4 is 4.72 Å². The van der Waals surface area contributed by atoms with Gasteiger partial charge in [0, 0.05) is 30.0 Å². The first-order valence-electron chi connectivity index (χ1n) is 8.78. The molecule has 1 aliphatic rings. The summed E-state index contributed by atoms with van der Waals surface area (Å²) >= 11 is 1.54. The molecule has 3 rings (SSSR count). The number of carbonyl (C=O) groups excluding carboxylic acids is 1. The fraction of sp³-hybridized carbons (Fsp3) is 0.444. The lowest BCUT2D eigenvalue weighted by molar-refractivity contribution is 0.101. The van der Waals surface area contributed by atoms with Gasteiger partial charge in [0.1, 0.15) is 5.01 Å². The van der Waals surface area contributed by atoms with Gasteiger partial charge in [-0.05, 0) is 13.3 Å². The standard InChI is InChI=1S/C18H23N3O4S2/c1-3-25-18(22)21-10-9-15(20-27(2,23)24)16(21)11-14-12-26-17(19-14)13-7-5-4-6-8-13/h4-8,12,15-16,20H,3,9-11H2,1-2H3. The molecular formula is C18H23N3O4S2. The lowest BCUT2D eigenvalue weighted by Crippen LogP contribution is -2.47. The first-order valence-corrected chi connectivity index (χ1v) is 11.5. The van der Waals surface area contributed by atoms with E-state index in [4.69, 9.17) is 4.74 Å². The molecule has 7 nitrogen and oxygen atoms in total. The zero-order valence-electron chi connectivity index (χ0n) is 15.3. The molecule has 2 atom stereocenters. The van der Waals surface area contributed by atoms with E-state index in [1.54, 1.807) is 11.8 Å². The van der Waals surface area contributed by atoms with E-state index in [1.165, 1.54) is 11.3 Å². The second kappa shape index (κ2) is 8.37. The van der Waals surface area contributed by atoms with Crippen molar-refractivity contribution in [1.29, 1.82) is 0 Å². The third-order valence-corrected chi connectivity index (χ3v) is 6.08. The van der Waals surface area contributed by atoms with Crippen molar-refractivity contribution in [1.82, 2.24) is 14.6 Å². The Hall–Kier alpha value is -1.97. The molecule has 2 heterocycles. The number of hydrogen-bond donors (Lipinski definition) is 1. The number of hydrogen-bond acceptors (Lipinski definition) is 6. The van der Waals surface area contributed by atoms with Crippen molar-refractivity contribution in [3.63, 3.8) is 0 Å². The summed E-state index contributed by atoms with van der Waals surface area (Å²) in [6.07, 6.45) is 1.73. The summed E-state index contributed by atoms with van der Waals surface area (Å²) in [6, 6.07) is 9.18. The number of benzene rings is 1. The minimum Gasteiger partial charge on any atom is -0.450 e. The van der Waals surface area contributed by atoms with Gasteiger partial charge in [0.2, 0.25) is 10.0 Å². The van der Waals surface area contributed by atoms with Crippen LogP contribution in [0.2, 0.25) is 0 Å². The quantitative estimate of drug-likeness (QED) is 0.792. The molecule has 0 aliphatic carbocycles. The van der Waals surface area contributed by atoms with E-state index in [0.29, 0.717) is 19.4 Å². The average Bonchev–Trinajstić information content (AvgIpc) is 3.23. The molecule has 1 amide bonds. The lowest BCUT2D eigenvalue weighted by atomic mass is 10.1. The molecule has 1 aromatic carbocycles. The molecule has 1 aromatic heterocycles. The minimum absolute atomic E-state index is 0.279. The van der Waals surface area contributed by atoms with Gasteiger partial charge in [-0.15, -0.1) is 11.3 Å². The number of carbonyl (C=O) groups is 1. The summed E-state index contributed by atoms with van der Waals surface area (Å²) in [7, 11) is -3.38. The number of amides is 1. The first-order chi connectivity index (χ1) is 12.9. The smallest absolute Gasteiger partial charge is 0.410 e. The van der Waals surface area contributed by atoms with Gasteiger partial charge in [-0.25, -0.2) is 22.9 Å². The van der Waals surface area contributed by atoms with Crippen molar-refractivity contribution in [2.45, 2.75) is 31.8 Å². The van der Waals surface area contributed by atoms with Crippen LogP contribution in [0.5, 0.6) is 0 Å². The van der Waals surface area contributed by atoms with Crippen molar-refractivity contribution in [3.8, 4) is 10.6 Å². The molecule has 0 saturated carbocycles. The molecule has 2 aromatic rings. The Morgan fingerprint density at radius 2 is 2.11 bits per heavy atom. The Morgan fingerprint density at radius 3 is 2.78 bits per heavy atom. The number of nitrogens with zero attached hydrogens (tertiary/aromatic N) is 2. The third kappa shape index (κ3) is 5.06. The van der Waals surface area contributed by atoms with E-state index in [2.05, 4.69) is 9.71 Å². The van der Waals surface area contributed by atoms with Crippen LogP contribution in [0.15, 0.2) is 35.7 Å². The van der Waals surface area contributed by atoms with Crippen LogP contribution in [0.3, 0.4) is 0 Å². The van der Waals surface area contributed by atoms with E-state index in [9.17, 15) is 13.2 Å². The van der Waals surface area contributed by atoms with Crippen LogP contribution >= 0.6 is 11.3 Å². The first kappa shape index (κ1) is 19.8. The number of nitrogens with one attached hydrogen (secondary N) is 1. The van der Waals surface area contributed by atoms with E-state index in [0.717, 1.165) is 22.5 Å². The van der Waals surface area contributed by atoms with Gasteiger partial charge in [-0.1, -0.05) is 30.3 Å². The maximum atomic E-state index is 12.3. The highest BCUT2D eigenvalue weighted by Gasteiger charge is 2.39. The minimum atomic E-state index is -3.38. The monoisotopic (exact) mass is 409 g/mol. The Labute approximate surface area is 163 Å². The molecule has 9 heteroatoms. The van der Waals surface area contributed by atoms with Crippen molar-refractivity contribution in [2.75, 3.05) is 19.4 Å². The maximum absolute atomic E-state index is 12.3. The number of sulfonamides is 1. The summed E-state index contributed by atoms with van der Waals surface area (Å²) in [5, 5.41) is 2.86. The summed E-state index contributed by atoms with van der Waals surface area (Å²) in [4.78, 5) is 18.6. The van der Waals surface area contributed by atoms with Gasteiger partial charge in [-0.2, -0.15) is 0 Å². The van der Waals surface area contributed by atoms with Crippen LogP contribution in [0, 0.1) is 0 Å². The van der Waals surface area contributed by atoms with E-state index in [-0.39, 0.29) is 18.7 Å². The summed E-state index contributed by atoms with van der Waals surface area (Å²) < 4.78 is 31.2. The molecule has 0 radical (unpaired) electrons. The van der Waals surface area contributed by atoms with Gasteiger partial charge in [-0.3, -0.25) is 0 Å². The predicted octanol–water partition coefficient (Wildman–Crippen LogP) is 2.50. The summed E-state index contributed by atoms with van der Waals surface area (Å²) in [6.45, 7) is 2.48. The van der Waals surface area contributed by atoms with Crippen molar-refractivity contribution >= 4 is 27.5 Å². The fourth-order valence-electron chi connectivity index (χ4n) is 3.28. The van der Waals surface area contributed by atoms with E-state index < -0.39 is 16.1 Å². The third-order valence-electron chi connectivity index (χ3n) is 4.40. The van der Waals surface area contributed by atoms with E-state index >= 15 is 0 Å². The number of thiazole rings is 1. The molecule has 27 heavy (non-hydrogen) atoms. The maximum Gasteiger partial charge on any atom is 0.410 e. The van der Waals surface area contributed by atoms with Crippen LogP contribution in [0.1, 0.15) is 19.0 Å². The molecule has 1 N–H and O–H groups in total. The highest BCUT2D eigenvalue weighted by molar-refractivity contribution is 7.88. The number of aromatic nitrogens is 1. The Bertz CT molecular complexity index is 883. The Morgan fingerprint density at radius 1 is 1.37 bits per heavy atom. The van der Waals surface area contributed by atoms with Gasteiger partial charge >= 0.3 is 6.09 Å². The number of likely N-dealkylation sites (tertiary alicyclic amines) is 1. The summed E-state index contributed by atoms with van der Waals surface area (Å²) in [5.74, 6) is 0. The van der Waals surface area contributed by atoms with Crippen molar-refractivity contribution < 1.29 is 17.9 Å². The Kier molecular flexibility index (Phi) is 6.13. The average molecular weight is 410 g/mol. The van der Waals surface area contributed by atoms with Gasteiger partial charge in [0.15, 0.2) is 0 Å². The SMILES string of the molecule is CCOC(=O)N1CCC(NS(C)(=O)=O)C1Cc1csc(-c2ccccc2)n1. The van der Waals surface area contributed by atoms with Crippen LogP contribution in [0.4, 0.5) is 4.79 Å². The highest BCUT2D eigenvalue weighted by atomic mass is 32.2. The topological polar surface area (TPSA) is 88.6 Å². The molecule has 2 unspecified atom stereocenters. The van der Waals surface area contributed by atoms with Gasteiger partial charge < -0.3 is 9.64 Å². The number of rotatable bonds is 6. The number of ether oxygens (including phenoxy) is 1. The fourth-order valence-corrected chi connectivity index (χ4v) is 4.94. The lowest BCUT2D eigenvalue weighted by Gasteiger charge is -2.27. The summed E-state index contributed by atoms with van der Waals surface area (Å²) in [5.41, 5.74) is 1.87.